The number of hydrogen-bond acceptors (Lipinski definition) is 3. The molecule has 1 aromatic heterocycles. The second-order valence-electron chi connectivity index (χ2n) is 5.87. The molecule has 0 aromatic carbocycles. The topological polar surface area (TPSA) is 24.9 Å². The molecule has 1 unspecified atom stereocenters. The summed E-state index contributed by atoms with van der Waals surface area (Å²) in [6.45, 7) is 6.68. The maximum absolute atomic E-state index is 4.69. The van der Waals surface area contributed by atoms with Crippen LogP contribution in [-0.4, -0.2) is 18.1 Å². The third-order valence-electron chi connectivity index (χ3n) is 4.47. The Morgan fingerprint density at radius 1 is 1.28 bits per heavy atom. The number of hydrogen-bond donors (Lipinski definition) is 1. The number of nitrogens with zero attached hydrogens (tertiary/aromatic N) is 1. The maximum Gasteiger partial charge on any atom is 0.0946 e. The van der Waals surface area contributed by atoms with Gasteiger partial charge in [0.25, 0.3) is 0 Å². The molecule has 0 spiro atoms. The molecule has 102 valence electrons. The van der Waals surface area contributed by atoms with Gasteiger partial charge in [-0.25, -0.2) is 4.98 Å². The van der Waals surface area contributed by atoms with E-state index in [-0.39, 0.29) is 0 Å². The minimum Gasteiger partial charge on any atom is -0.316 e. The number of thiazole rings is 1. The average molecular weight is 266 g/mol. The van der Waals surface area contributed by atoms with Crippen molar-refractivity contribution in [3.05, 3.63) is 15.6 Å². The third-order valence-corrected chi connectivity index (χ3v) is 5.56. The van der Waals surface area contributed by atoms with Crippen LogP contribution in [0.4, 0.5) is 0 Å². The van der Waals surface area contributed by atoms with Crippen molar-refractivity contribution < 1.29 is 0 Å². The summed E-state index contributed by atoms with van der Waals surface area (Å²) in [7, 11) is 2.11. The lowest BCUT2D eigenvalue weighted by atomic mass is 9.78. The Morgan fingerprint density at radius 2 is 1.94 bits per heavy atom. The van der Waals surface area contributed by atoms with E-state index in [2.05, 4.69) is 38.1 Å². The lowest BCUT2D eigenvalue weighted by molar-refractivity contribution is 0.235. The van der Waals surface area contributed by atoms with Crippen molar-refractivity contribution in [1.82, 2.24) is 10.3 Å². The van der Waals surface area contributed by atoms with Gasteiger partial charge in [-0.1, -0.05) is 19.8 Å². The van der Waals surface area contributed by atoms with Gasteiger partial charge < -0.3 is 5.32 Å². The van der Waals surface area contributed by atoms with E-state index >= 15 is 0 Å². The number of nitrogens with one attached hydrogen (secondary N) is 1. The van der Waals surface area contributed by atoms with Crippen LogP contribution in [0.5, 0.6) is 0 Å². The van der Waals surface area contributed by atoms with Crippen LogP contribution in [0.25, 0.3) is 0 Å². The van der Waals surface area contributed by atoms with E-state index in [1.807, 2.05) is 11.3 Å². The Kier molecular flexibility index (Phi) is 4.79. The van der Waals surface area contributed by atoms with Crippen molar-refractivity contribution in [2.24, 2.45) is 11.8 Å². The van der Waals surface area contributed by atoms with Crippen LogP contribution in [0.3, 0.4) is 0 Å². The molecule has 0 radical (unpaired) electrons. The highest BCUT2D eigenvalue weighted by Crippen LogP contribution is 2.32. The highest BCUT2D eigenvalue weighted by atomic mass is 32.1. The zero-order valence-corrected chi connectivity index (χ0v) is 12.9. The molecule has 0 saturated heterocycles. The van der Waals surface area contributed by atoms with Gasteiger partial charge in [-0.05, 0) is 45.6 Å². The fourth-order valence-electron chi connectivity index (χ4n) is 3.01. The summed E-state index contributed by atoms with van der Waals surface area (Å²) in [5.41, 5.74) is 1.21. The number of rotatable bonds is 4. The van der Waals surface area contributed by atoms with Gasteiger partial charge in [0.15, 0.2) is 0 Å². The molecular weight excluding hydrogens is 240 g/mol. The largest absolute Gasteiger partial charge is 0.316 e. The van der Waals surface area contributed by atoms with E-state index < -0.39 is 0 Å². The summed E-state index contributed by atoms with van der Waals surface area (Å²) in [4.78, 5) is 6.06. The Morgan fingerprint density at radius 3 is 2.44 bits per heavy atom. The highest BCUT2D eigenvalue weighted by molar-refractivity contribution is 7.11. The summed E-state index contributed by atoms with van der Waals surface area (Å²) < 4.78 is 0. The molecule has 1 fully saturated rings. The second-order valence-corrected chi connectivity index (χ2v) is 7.16. The fourth-order valence-corrected chi connectivity index (χ4v) is 4.00. The summed E-state index contributed by atoms with van der Waals surface area (Å²) in [5, 5.41) is 4.84. The second kappa shape index (κ2) is 6.16. The molecule has 1 aromatic rings. The Hall–Kier alpha value is -0.410. The molecular formula is C15H26N2S. The van der Waals surface area contributed by atoms with Crippen LogP contribution >= 0.6 is 11.3 Å². The van der Waals surface area contributed by atoms with Crippen molar-refractivity contribution in [3.8, 4) is 0 Å². The van der Waals surface area contributed by atoms with Gasteiger partial charge in [0.2, 0.25) is 0 Å². The van der Waals surface area contributed by atoms with Crippen molar-refractivity contribution in [3.63, 3.8) is 0 Å². The summed E-state index contributed by atoms with van der Waals surface area (Å²) >= 11 is 1.87. The van der Waals surface area contributed by atoms with E-state index in [9.17, 15) is 0 Å². The smallest absolute Gasteiger partial charge is 0.0946 e. The molecule has 0 aliphatic heterocycles. The normalized spacial score (nSPS) is 26.2. The van der Waals surface area contributed by atoms with Crippen LogP contribution in [0, 0.1) is 25.7 Å². The number of aryl methyl sites for hydroxylation is 2. The first kappa shape index (κ1) is 14.0. The Bertz CT molecular complexity index is 358. The molecule has 2 rings (SSSR count). The van der Waals surface area contributed by atoms with E-state index in [1.165, 1.54) is 41.3 Å². The van der Waals surface area contributed by atoms with Gasteiger partial charge in [-0.15, -0.1) is 11.3 Å². The molecule has 18 heavy (non-hydrogen) atoms. The summed E-state index contributed by atoms with van der Waals surface area (Å²) in [5.74, 6) is 1.78. The highest BCUT2D eigenvalue weighted by Gasteiger charge is 2.26. The Balaban J connectivity index is 1.96. The lowest BCUT2D eigenvalue weighted by Crippen LogP contribution is -2.37. The molecule has 0 amide bonds. The van der Waals surface area contributed by atoms with Crippen LogP contribution in [0.2, 0.25) is 0 Å². The fraction of sp³-hybridized carbons (Fsp3) is 0.800. The predicted octanol–water partition coefficient (Wildman–Crippen LogP) is 3.72. The maximum atomic E-state index is 4.69. The Labute approximate surface area is 115 Å². The van der Waals surface area contributed by atoms with Crippen LogP contribution < -0.4 is 5.32 Å². The summed E-state index contributed by atoms with van der Waals surface area (Å²) in [6.07, 6.45) is 6.68. The first-order chi connectivity index (χ1) is 8.60. The minimum absolute atomic E-state index is 0.613. The average Bonchev–Trinajstić information content (AvgIpc) is 2.67. The molecule has 1 saturated carbocycles. The SMILES string of the molecule is CNC(Cc1nc(C)c(C)s1)C1CCC(C)CC1. The van der Waals surface area contributed by atoms with E-state index in [4.69, 9.17) is 0 Å². The van der Waals surface area contributed by atoms with Crippen LogP contribution in [0.15, 0.2) is 0 Å². The quantitative estimate of drug-likeness (QED) is 0.898. The van der Waals surface area contributed by atoms with Gasteiger partial charge in [0.05, 0.1) is 10.7 Å². The van der Waals surface area contributed by atoms with Gasteiger partial charge in [-0.2, -0.15) is 0 Å². The summed E-state index contributed by atoms with van der Waals surface area (Å²) in [6, 6.07) is 0.613. The zero-order valence-electron chi connectivity index (χ0n) is 12.1. The molecule has 1 N–H and O–H groups in total. The first-order valence-corrected chi connectivity index (χ1v) is 8.02. The molecule has 1 aliphatic rings. The van der Waals surface area contributed by atoms with Gasteiger partial charge in [-0.3, -0.25) is 0 Å². The molecule has 1 aliphatic carbocycles. The standard InChI is InChI=1S/C15H26N2S/c1-10-5-7-13(8-6-10)14(16-4)9-15-17-11(2)12(3)18-15/h10,13-14,16H,5-9H2,1-4H3. The molecule has 2 nitrogen and oxygen atoms in total. The van der Waals surface area contributed by atoms with Crippen LogP contribution in [-0.2, 0) is 6.42 Å². The molecule has 3 heteroatoms. The lowest BCUT2D eigenvalue weighted by Gasteiger charge is -2.32. The van der Waals surface area contributed by atoms with Gasteiger partial charge in [0, 0.05) is 17.3 Å². The number of likely N-dealkylation sites (N-methyl/N-ethyl adjacent to an activating group) is 1. The van der Waals surface area contributed by atoms with Crippen LogP contribution in [0.1, 0.15) is 48.2 Å². The first-order valence-electron chi connectivity index (χ1n) is 7.20. The van der Waals surface area contributed by atoms with E-state index in [0.29, 0.717) is 6.04 Å². The van der Waals surface area contributed by atoms with Gasteiger partial charge >= 0.3 is 0 Å². The van der Waals surface area contributed by atoms with Crippen molar-refractivity contribution >= 4 is 11.3 Å². The molecule has 0 bridgehead atoms. The van der Waals surface area contributed by atoms with Gasteiger partial charge in [0.1, 0.15) is 0 Å². The predicted molar refractivity (Wildman–Crippen MR) is 79.3 cm³/mol. The monoisotopic (exact) mass is 266 g/mol. The molecule has 1 atom stereocenters. The van der Waals surface area contributed by atoms with Crippen molar-refractivity contribution in [2.75, 3.05) is 7.05 Å². The zero-order chi connectivity index (χ0) is 13.1. The third kappa shape index (κ3) is 3.33. The minimum atomic E-state index is 0.613. The van der Waals surface area contributed by atoms with E-state index in [0.717, 1.165) is 18.3 Å². The number of aromatic nitrogens is 1. The van der Waals surface area contributed by atoms with Crippen molar-refractivity contribution in [2.45, 2.75) is 58.9 Å². The molecule has 1 heterocycles. The van der Waals surface area contributed by atoms with Crippen molar-refractivity contribution in [1.29, 1.82) is 0 Å². The van der Waals surface area contributed by atoms with E-state index in [1.54, 1.807) is 0 Å².